The standard InChI is InChI=1S/C21H17ClF2N6O2/c22-18-17(11-4-26-29-20(11)16(19(18)24)9-1-2-32-8-9)13-6-30-7-14(27-15(30)5-25-13)28-21(31)10-3-12(10)23/h4-7,9-10,12H,1-3,8H2,(H,26,29)(H,28,31). The van der Waals surface area contributed by atoms with Gasteiger partial charge in [-0.15, -0.1) is 0 Å². The van der Waals surface area contributed by atoms with E-state index in [-0.39, 0.29) is 23.2 Å². The second kappa shape index (κ2) is 7.21. The number of carbonyl (C=O) groups excluding carboxylic acids is 1. The Bertz CT molecular complexity index is 1380. The van der Waals surface area contributed by atoms with E-state index in [1.54, 1.807) is 23.0 Å². The number of nitrogens with one attached hydrogen (secondary N) is 2. The Morgan fingerprint density at radius 1 is 1.34 bits per heavy atom. The van der Waals surface area contributed by atoms with Crippen LogP contribution in [0.5, 0.6) is 0 Å². The molecule has 3 aromatic heterocycles. The average molecular weight is 459 g/mol. The summed E-state index contributed by atoms with van der Waals surface area (Å²) in [6.45, 7) is 1.00. The number of carbonyl (C=O) groups is 1. The lowest BCUT2D eigenvalue weighted by molar-refractivity contribution is -0.117. The maximum atomic E-state index is 15.4. The van der Waals surface area contributed by atoms with Crippen LogP contribution in [-0.4, -0.2) is 49.9 Å². The number of anilines is 1. The molecule has 3 unspecified atom stereocenters. The predicted molar refractivity (Wildman–Crippen MR) is 113 cm³/mol. The highest BCUT2D eigenvalue weighted by Crippen LogP contribution is 2.42. The molecule has 11 heteroatoms. The third kappa shape index (κ3) is 3.05. The van der Waals surface area contributed by atoms with Gasteiger partial charge in [-0.25, -0.2) is 13.8 Å². The first-order valence-corrected chi connectivity index (χ1v) is 10.6. The number of H-pyrrole nitrogens is 1. The molecular weight excluding hydrogens is 442 g/mol. The summed E-state index contributed by atoms with van der Waals surface area (Å²) in [7, 11) is 0. The van der Waals surface area contributed by atoms with Crippen LogP contribution in [0.1, 0.15) is 24.3 Å². The summed E-state index contributed by atoms with van der Waals surface area (Å²) in [5, 5.41) is 10.2. The van der Waals surface area contributed by atoms with Gasteiger partial charge in [-0.2, -0.15) is 5.10 Å². The number of nitrogens with zero attached hydrogens (tertiary/aromatic N) is 4. The minimum Gasteiger partial charge on any atom is -0.381 e. The van der Waals surface area contributed by atoms with Crippen LogP contribution in [0.15, 0.2) is 24.8 Å². The first-order chi connectivity index (χ1) is 15.5. The second-order valence-corrected chi connectivity index (χ2v) is 8.53. The lowest BCUT2D eigenvalue weighted by Gasteiger charge is -2.15. The molecule has 1 aliphatic carbocycles. The van der Waals surface area contributed by atoms with Gasteiger partial charge in [-0.05, 0) is 12.8 Å². The molecule has 32 heavy (non-hydrogen) atoms. The van der Waals surface area contributed by atoms with E-state index < -0.39 is 23.8 Å². The molecule has 0 radical (unpaired) electrons. The molecule has 6 rings (SSSR count). The number of halogens is 3. The molecule has 1 saturated heterocycles. The number of imidazole rings is 1. The highest BCUT2D eigenvalue weighted by atomic mass is 35.5. The van der Waals surface area contributed by atoms with Crippen LogP contribution >= 0.6 is 11.6 Å². The summed E-state index contributed by atoms with van der Waals surface area (Å²) in [5.74, 6) is -1.34. The summed E-state index contributed by atoms with van der Waals surface area (Å²) < 4.78 is 35.6. The predicted octanol–water partition coefficient (Wildman–Crippen LogP) is 3.87. The number of amides is 1. The molecule has 4 aromatic rings. The zero-order valence-corrected chi connectivity index (χ0v) is 17.4. The maximum Gasteiger partial charge on any atom is 0.231 e. The molecular formula is C21H17ClF2N6O2. The average Bonchev–Trinajstić information content (AvgIpc) is 3.21. The number of rotatable bonds is 4. The van der Waals surface area contributed by atoms with Gasteiger partial charge in [-0.3, -0.25) is 14.9 Å². The Morgan fingerprint density at radius 3 is 2.94 bits per heavy atom. The summed E-state index contributed by atoms with van der Waals surface area (Å²) in [4.78, 5) is 20.7. The Hall–Kier alpha value is -3.11. The van der Waals surface area contributed by atoms with E-state index in [1.807, 2.05) is 0 Å². The van der Waals surface area contributed by atoms with Crippen LogP contribution < -0.4 is 5.32 Å². The van der Waals surface area contributed by atoms with Crippen LogP contribution in [0.3, 0.4) is 0 Å². The zero-order valence-electron chi connectivity index (χ0n) is 16.6. The maximum absolute atomic E-state index is 15.4. The molecule has 1 aromatic carbocycles. The lowest BCUT2D eigenvalue weighted by atomic mass is 9.93. The van der Waals surface area contributed by atoms with Crippen molar-refractivity contribution in [2.75, 3.05) is 18.5 Å². The van der Waals surface area contributed by atoms with Crippen LogP contribution in [0.4, 0.5) is 14.6 Å². The molecule has 0 spiro atoms. The van der Waals surface area contributed by atoms with E-state index in [2.05, 4.69) is 25.5 Å². The third-order valence-corrected chi connectivity index (χ3v) is 6.42. The smallest absolute Gasteiger partial charge is 0.231 e. The van der Waals surface area contributed by atoms with Crippen LogP contribution in [0, 0.1) is 11.7 Å². The van der Waals surface area contributed by atoms with E-state index in [0.717, 1.165) is 0 Å². The second-order valence-electron chi connectivity index (χ2n) is 8.15. The Morgan fingerprint density at radius 2 is 2.19 bits per heavy atom. The monoisotopic (exact) mass is 458 g/mol. The summed E-state index contributed by atoms with van der Waals surface area (Å²) in [5.41, 5.74) is 2.35. The number of aromatic nitrogens is 5. The van der Waals surface area contributed by atoms with Crippen molar-refractivity contribution in [1.82, 2.24) is 24.6 Å². The molecule has 2 fully saturated rings. The van der Waals surface area contributed by atoms with Gasteiger partial charge < -0.3 is 14.5 Å². The van der Waals surface area contributed by atoms with Crippen molar-refractivity contribution in [3.8, 4) is 11.3 Å². The van der Waals surface area contributed by atoms with Crippen LogP contribution in [0.2, 0.25) is 5.02 Å². The lowest BCUT2D eigenvalue weighted by Crippen LogP contribution is -2.15. The minimum absolute atomic E-state index is 0.0380. The molecule has 1 amide bonds. The van der Waals surface area contributed by atoms with Crippen LogP contribution in [0.25, 0.3) is 27.8 Å². The Labute approximate surface area is 184 Å². The van der Waals surface area contributed by atoms with Gasteiger partial charge in [0, 0.05) is 35.2 Å². The highest BCUT2D eigenvalue weighted by Gasteiger charge is 2.43. The fourth-order valence-corrected chi connectivity index (χ4v) is 4.58. The van der Waals surface area contributed by atoms with Gasteiger partial charge in [0.1, 0.15) is 12.0 Å². The van der Waals surface area contributed by atoms with Gasteiger partial charge in [0.05, 0.1) is 47.3 Å². The van der Waals surface area contributed by atoms with E-state index in [1.165, 1.54) is 6.20 Å². The highest BCUT2D eigenvalue weighted by molar-refractivity contribution is 6.35. The number of hydrogen-bond acceptors (Lipinski definition) is 5. The molecule has 2 aliphatic rings. The van der Waals surface area contributed by atoms with Gasteiger partial charge in [0.15, 0.2) is 11.5 Å². The molecule has 3 atom stereocenters. The van der Waals surface area contributed by atoms with Gasteiger partial charge in [0.2, 0.25) is 5.91 Å². The fraction of sp³-hybridized carbons (Fsp3) is 0.333. The first-order valence-electron chi connectivity index (χ1n) is 10.2. The van der Waals surface area contributed by atoms with E-state index >= 15 is 4.39 Å². The number of benzene rings is 1. The number of fused-ring (bicyclic) bond motifs is 2. The summed E-state index contributed by atoms with van der Waals surface area (Å²) >= 11 is 6.51. The van der Waals surface area contributed by atoms with Crippen molar-refractivity contribution in [1.29, 1.82) is 0 Å². The Balaban J connectivity index is 1.42. The van der Waals surface area contributed by atoms with Gasteiger partial charge in [0.25, 0.3) is 0 Å². The topological polar surface area (TPSA) is 97.2 Å². The van der Waals surface area contributed by atoms with Gasteiger partial charge >= 0.3 is 0 Å². The molecule has 4 heterocycles. The van der Waals surface area contributed by atoms with Crippen molar-refractivity contribution in [3.63, 3.8) is 0 Å². The van der Waals surface area contributed by atoms with E-state index in [0.29, 0.717) is 53.0 Å². The fourth-order valence-electron chi connectivity index (χ4n) is 4.28. The number of aromatic amines is 1. The van der Waals surface area contributed by atoms with E-state index in [9.17, 15) is 9.18 Å². The largest absolute Gasteiger partial charge is 0.381 e. The SMILES string of the molecule is O=C(Nc1cn2cc(-c3c(Cl)c(F)c(C4CCOC4)c4[nH]ncc34)ncc2n1)C1CC1F. The molecule has 2 N–H and O–H groups in total. The number of alkyl halides is 1. The first kappa shape index (κ1) is 19.6. The van der Waals surface area contributed by atoms with Crippen molar-refractivity contribution < 1.29 is 18.3 Å². The van der Waals surface area contributed by atoms with Crippen molar-refractivity contribution in [2.24, 2.45) is 5.92 Å². The molecule has 0 bridgehead atoms. The molecule has 8 nitrogen and oxygen atoms in total. The van der Waals surface area contributed by atoms with Crippen molar-refractivity contribution in [2.45, 2.75) is 24.9 Å². The normalized spacial score (nSPS) is 22.7. The summed E-state index contributed by atoms with van der Waals surface area (Å²) in [6.07, 6.45) is 6.20. The van der Waals surface area contributed by atoms with Crippen molar-refractivity contribution in [3.05, 3.63) is 41.2 Å². The van der Waals surface area contributed by atoms with E-state index in [4.69, 9.17) is 16.3 Å². The number of hydrogen-bond donors (Lipinski definition) is 2. The van der Waals surface area contributed by atoms with Crippen molar-refractivity contribution >= 4 is 39.9 Å². The van der Waals surface area contributed by atoms with Crippen LogP contribution in [-0.2, 0) is 9.53 Å². The minimum atomic E-state index is -1.09. The number of ether oxygens (including phenoxy) is 1. The zero-order chi connectivity index (χ0) is 22.0. The van der Waals surface area contributed by atoms with Gasteiger partial charge in [-0.1, -0.05) is 11.6 Å². The Kier molecular flexibility index (Phi) is 4.41. The molecule has 1 aliphatic heterocycles. The summed E-state index contributed by atoms with van der Waals surface area (Å²) in [6, 6.07) is 0. The molecule has 1 saturated carbocycles. The quantitative estimate of drug-likeness (QED) is 0.484. The third-order valence-electron chi connectivity index (χ3n) is 6.06. The molecule has 164 valence electrons.